The van der Waals surface area contributed by atoms with Crippen LogP contribution in [0, 0.1) is 0 Å². The Kier molecular flexibility index (Phi) is 11.2. The Morgan fingerprint density at radius 2 is 2.08 bits per heavy atom. The van der Waals surface area contributed by atoms with Crippen molar-refractivity contribution < 1.29 is 9.47 Å². The lowest BCUT2D eigenvalue weighted by atomic mass is 10.2. The molecule has 0 unspecified atom stereocenters. The Morgan fingerprint density at radius 3 is 2.76 bits per heavy atom. The van der Waals surface area contributed by atoms with Gasteiger partial charge in [-0.2, -0.15) is 0 Å². The molecule has 142 valence electrons. The van der Waals surface area contributed by atoms with E-state index in [9.17, 15) is 0 Å². The number of benzene rings is 1. The van der Waals surface area contributed by atoms with Gasteiger partial charge >= 0.3 is 0 Å². The zero-order chi connectivity index (χ0) is 17.2. The summed E-state index contributed by atoms with van der Waals surface area (Å²) in [6.45, 7) is 8.67. The van der Waals surface area contributed by atoms with Crippen molar-refractivity contribution in [3.05, 3.63) is 28.8 Å². The number of ether oxygens (including phenoxy) is 2. The predicted octanol–water partition coefficient (Wildman–Crippen LogP) is 2.35. The van der Waals surface area contributed by atoms with Crippen molar-refractivity contribution in [3.63, 3.8) is 0 Å². The first kappa shape index (κ1) is 22.3. The van der Waals surface area contributed by atoms with Crippen molar-refractivity contribution in [1.29, 1.82) is 0 Å². The molecule has 25 heavy (non-hydrogen) atoms. The summed E-state index contributed by atoms with van der Waals surface area (Å²) < 4.78 is 11.0. The number of nitrogens with one attached hydrogen (secondary N) is 2. The first-order chi connectivity index (χ1) is 11.7. The van der Waals surface area contributed by atoms with Crippen LogP contribution in [0.3, 0.4) is 0 Å². The van der Waals surface area contributed by atoms with Crippen molar-refractivity contribution in [2.45, 2.75) is 13.5 Å². The second-order valence-corrected chi connectivity index (χ2v) is 5.93. The highest BCUT2D eigenvalue weighted by Crippen LogP contribution is 2.23. The molecule has 2 rings (SSSR count). The van der Waals surface area contributed by atoms with Crippen LogP contribution in [-0.4, -0.2) is 63.9 Å². The molecule has 1 fully saturated rings. The van der Waals surface area contributed by atoms with E-state index in [1.54, 1.807) is 7.05 Å². The van der Waals surface area contributed by atoms with E-state index in [0.29, 0.717) is 18.2 Å². The molecule has 0 aliphatic carbocycles. The van der Waals surface area contributed by atoms with Gasteiger partial charge in [-0.3, -0.25) is 9.89 Å². The van der Waals surface area contributed by atoms with Crippen LogP contribution in [0.2, 0.25) is 5.02 Å². The molecule has 0 aromatic heterocycles. The van der Waals surface area contributed by atoms with E-state index >= 15 is 0 Å². The number of aliphatic imine (C=N–C) groups is 1. The Morgan fingerprint density at radius 1 is 1.32 bits per heavy atom. The highest BCUT2D eigenvalue weighted by molar-refractivity contribution is 14.0. The number of morpholine rings is 1. The van der Waals surface area contributed by atoms with Crippen LogP contribution in [0.1, 0.15) is 12.5 Å². The van der Waals surface area contributed by atoms with Gasteiger partial charge in [0.1, 0.15) is 5.75 Å². The molecule has 1 aliphatic heterocycles. The lowest BCUT2D eigenvalue weighted by molar-refractivity contribution is 0.0389. The topological polar surface area (TPSA) is 58.1 Å². The zero-order valence-corrected chi connectivity index (χ0v) is 18.0. The molecule has 0 amide bonds. The molecule has 0 atom stereocenters. The number of hydrogen-bond acceptors (Lipinski definition) is 4. The maximum Gasteiger partial charge on any atom is 0.191 e. The maximum atomic E-state index is 6.03. The molecule has 1 aliphatic rings. The van der Waals surface area contributed by atoms with Crippen LogP contribution >= 0.6 is 35.6 Å². The van der Waals surface area contributed by atoms with Gasteiger partial charge in [0, 0.05) is 50.4 Å². The molecular formula is C17H28ClIN4O2. The monoisotopic (exact) mass is 482 g/mol. The molecule has 1 aromatic carbocycles. The van der Waals surface area contributed by atoms with E-state index in [4.69, 9.17) is 21.1 Å². The van der Waals surface area contributed by atoms with Gasteiger partial charge in [0.25, 0.3) is 0 Å². The Bertz CT molecular complexity index is 539. The average Bonchev–Trinajstić information content (AvgIpc) is 2.60. The fourth-order valence-corrected chi connectivity index (χ4v) is 2.68. The lowest BCUT2D eigenvalue weighted by Gasteiger charge is -2.26. The Hall–Kier alpha value is -0.770. The average molecular weight is 483 g/mol. The van der Waals surface area contributed by atoms with Crippen LogP contribution in [0.15, 0.2) is 23.2 Å². The van der Waals surface area contributed by atoms with E-state index in [-0.39, 0.29) is 24.0 Å². The standard InChI is InChI=1S/C17H27ClN4O2.HI/c1-3-24-16-12-15(18)5-4-14(16)13-21-17(19-2)20-6-7-22-8-10-23-11-9-22;/h4-5,12H,3,6-11,13H2,1-2H3,(H2,19,20,21);1H. The summed E-state index contributed by atoms with van der Waals surface area (Å²) in [7, 11) is 1.77. The molecule has 1 aromatic rings. The van der Waals surface area contributed by atoms with E-state index in [1.807, 2.05) is 25.1 Å². The quantitative estimate of drug-likeness (QED) is 0.355. The van der Waals surface area contributed by atoms with Crippen molar-refractivity contribution in [2.24, 2.45) is 4.99 Å². The molecule has 8 heteroatoms. The SMILES string of the molecule is CCOc1cc(Cl)ccc1CNC(=NC)NCCN1CCOCC1.I. The smallest absolute Gasteiger partial charge is 0.191 e. The van der Waals surface area contributed by atoms with Gasteiger partial charge in [0.2, 0.25) is 0 Å². The highest BCUT2D eigenvalue weighted by Gasteiger charge is 2.10. The summed E-state index contributed by atoms with van der Waals surface area (Å²) in [4.78, 5) is 6.65. The van der Waals surface area contributed by atoms with Gasteiger partial charge in [-0.15, -0.1) is 24.0 Å². The van der Waals surface area contributed by atoms with Gasteiger partial charge in [0.05, 0.1) is 19.8 Å². The minimum absolute atomic E-state index is 0. The molecule has 0 radical (unpaired) electrons. The minimum atomic E-state index is 0. The molecule has 6 nitrogen and oxygen atoms in total. The Labute approximate surface area is 172 Å². The molecular weight excluding hydrogens is 455 g/mol. The van der Waals surface area contributed by atoms with Crippen molar-refractivity contribution in [2.75, 3.05) is 53.0 Å². The van der Waals surface area contributed by atoms with Gasteiger partial charge in [-0.25, -0.2) is 0 Å². The second kappa shape index (κ2) is 12.6. The third-order valence-electron chi connectivity index (χ3n) is 3.82. The maximum absolute atomic E-state index is 6.03. The van der Waals surface area contributed by atoms with Crippen LogP contribution in [0.25, 0.3) is 0 Å². The first-order valence-electron chi connectivity index (χ1n) is 8.38. The normalized spacial score (nSPS) is 15.4. The van der Waals surface area contributed by atoms with Crippen molar-refractivity contribution in [1.82, 2.24) is 15.5 Å². The zero-order valence-electron chi connectivity index (χ0n) is 14.9. The van der Waals surface area contributed by atoms with Crippen molar-refractivity contribution >= 4 is 41.5 Å². The number of rotatable bonds is 7. The predicted molar refractivity (Wildman–Crippen MR) is 113 cm³/mol. The number of nitrogens with zero attached hydrogens (tertiary/aromatic N) is 2. The fourth-order valence-electron chi connectivity index (χ4n) is 2.52. The van der Waals surface area contributed by atoms with Crippen molar-refractivity contribution in [3.8, 4) is 5.75 Å². The van der Waals surface area contributed by atoms with Crippen LogP contribution in [0.4, 0.5) is 0 Å². The van der Waals surface area contributed by atoms with Gasteiger partial charge < -0.3 is 20.1 Å². The third kappa shape index (κ3) is 7.98. The van der Waals surface area contributed by atoms with Gasteiger partial charge in [-0.1, -0.05) is 17.7 Å². The van der Waals surface area contributed by atoms with Gasteiger partial charge in [-0.05, 0) is 19.1 Å². The number of halogens is 2. The Balaban J connectivity index is 0.00000312. The largest absolute Gasteiger partial charge is 0.493 e. The molecule has 0 bridgehead atoms. The summed E-state index contributed by atoms with van der Waals surface area (Å²) in [5.74, 6) is 1.59. The van der Waals surface area contributed by atoms with E-state index in [1.165, 1.54) is 0 Å². The highest BCUT2D eigenvalue weighted by atomic mass is 127. The molecule has 1 saturated heterocycles. The summed E-state index contributed by atoms with van der Waals surface area (Å²) >= 11 is 6.03. The number of hydrogen-bond donors (Lipinski definition) is 2. The van der Waals surface area contributed by atoms with E-state index in [0.717, 1.165) is 56.7 Å². The van der Waals surface area contributed by atoms with E-state index < -0.39 is 0 Å². The van der Waals surface area contributed by atoms with Crippen LogP contribution < -0.4 is 15.4 Å². The van der Waals surface area contributed by atoms with Gasteiger partial charge in [0.15, 0.2) is 5.96 Å². The first-order valence-corrected chi connectivity index (χ1v) is 8.76. The summed E-state index contributed by atoms with van der Waals surface area (Å²) in [6, 6.07) is 5.69. The van der Waals surface area contributed by atoms with Crippen LogP contribution in [0.5, 0.6) is 5.75 Å². The minimum Gasteiger partial charge on any atom is -0.493 e. The number of guanidine groups is 1. The molecule has 1 heterocycles. The fraction of sp³-hybridized carbons (Fsp3) is 0.588. The molecule has 0 saturated carbocycles. The molecule has 2 N–H and O–H groups in total. The third-order valence-corrected chi connectivity index (χ3v) is 4.06. The second-order valence-electron chi connectivity index (χ2n) is 5.49. The van der Waals surface area contributed by atoms with E-state index in [2.05, 4.69) is 20.5 Å². The molecule has 0 spiro atoms. The van der Waals surface area contributed by atoms with Crippen LogP contribution in [-0.2, 0) is 11.3 Å². The lowest BCUT2D eigenvalue weighted by Crippen LogP contribution is -2.44. The summed E-state index contributed by atoms with van der Waals surface area (Å²) in [6.07, 6.45) is 0. The summed E-state index contributed by atoms with van der Waals surface area (Å²) in [5, 5.41) is 7.33. The summed E-state index contributed by atoms with van der Waals surface area (Å²) in [5.41, 5.74) is 1.05.